The summed E-state index contributed by atoms with van der Waals surface area (Å²) in [4.78, 5) is 0. The number of methoxy groups -OCH3 is 1. The minimum Gasteiger partial charge on any atom is -0.496 e. The Kier molecular flexibility index (Phi) is 4.18. The van der Waals surface area contributed by atoms with Crippen molar-refractivity contribution in [2.75, 3.05) is 12.8 Å². The van der Waals surface area contributed by atoms with Gasteiger partial charge in [-0.3, -0.25) is 0 Å². The van der Waals surface area contributed by atoms with Crippen LogP contribution in [0.2, 0.25) is 0 Å². The average molecular weight is 271 g/mol. The van der Waals surface area contributed by atoms with Crippen LogP contribution >= 0.6 is 0 Å². The summed E-state index contributed by atoms with van der Waals surface area (Å²) in [6.45, 7) is 6.55. The van der Waals surface area contributed by atoms with Crippen LogP contribution in [-0.4, -0.2) is 7.11 Å². The number of hydrogen-bond acceptors (Lipinski definition) is 3. The van der Waals surface area contributed by atoms with E-state index >= 15 is 0 Å². The summed E-state index contributed by atoms with van der Waals surface area (Å²) in [5, 5.41) is 0. The molecular weight excluding hydrogens is 250 g/mol. The fraction of sp³-hybridized carbons (Fsp3) is 0.294. The van der Waals surface area contributed by atoms with E-state index in [1.54, 1.807) is 7.11 Å². The highest BCUT2D eigenvalue weighted by molar-refractivity contribution is 5.52. The van der Waals surface area contributed by atoms with Crippen molar-refractivity contribution in [2.45, 2.75) is 27.4 Å². The molecule has 106 valence electrons. The van der Waals surface area contributed by atoms with Gasteiger partial charge in [-0.2, -0.15) is 0 Å². The summed E-state index contributed by atoms with van der Waals surface area (Å²) in [5.74, 6) is 1.74. The van der Waals surface area contributed by atoms with Crippen molar-refractivity contribution in [3.05, 3.63) is 52.6 Å². The fourth-order valence-corrected chi connectivity index (χ4v) is 2.38. The fourth-order valence-electron chi connectivity index (χ4n) is 2.38. The molecule has 3 heteroatoms. The lowest BCUT2D eigenvalue weighted by atomic mass is 10.1. The minimum absolute atomic E-state index is 0.483. The molecule has 2 N–H and O–H groups in total. The maximum atomic E-state index is 5.97. The lowest BCUT2D eigenvalue weighted by molar-refractivity contribution is 0.293. The summed E-state index contributed by atoms with van der Waals surface area (Å²) in [5.41, 5.74) is 10.9. The molecule has 3 nitrogen and oxygen atoms in total. The predicted molar refractivity (Wildman–Crippen MR) is 82.4 cm³/mol. The van der Waals surface area contributed by atoms with Crippen LogP contribution in [0.4, 0.5) is 5.69 Å². The summed E-state index contributed by atoms with van der Waals surface area (Å²) >= 11 is 0. The zero-order valence-corrected chi connectivity index (χ0v) is 12.5. The van der Waals surface area contributed by atoms with Gasteiger partial charge in [0.1, 0.15) is 18.1 Å². The largest absolute Gasteiger partial charge is 0.496 e. The van der Waals surface area contributed by atoms with E-state index < -0.39 is 0 Å². The Bertz CT molecular complexity index is 597. The first-order chi connectivity index (χ1) is 9.51. The second kappa shape index (κ2) is 5.87. The van der Waals surface area contributed by atoms with E-state index in [2.05, 4.69) is 13.0 Å². The first-order valence-electron chi connectivity index (χ1n) is 6.64. The Balaban J connectivity index is 2.23. The third-order valence-electron chi connectivity index (χ3n) is 3.29. The third kappa shape index (κ3) is 3.05. The molecule has 2 aromatic carbocycles. The predicted octanol–water partition coefficient (Wildman–Crippen LogP) is 3.78. The van der Waals surface area contributed by atoms with Crippen LogP contribution in [0.5, 0.6) is 11.5 Å². The molecule has 0 atom stereocenters. The van der Waals surface area contributed by atoms with E-state index in [0.29, 0.717) is 6.61 Å². The number of benzene rings is 2. The second-order valence-electron chi connectivity index (χ2n) is 5.09. The number of hydrogen-bond donors (Lipinski definition) is 1. The van der Waals surface area contributed by atoms with Crippen molar-refractivity contribution in [3.8, 4) is 11.5 Å². The highest BCUT2D eigenvalue weighted by Crippen LogP contribution is 2.28. The Labute approximate surface area is 120 Å². The molecule has 0 spiro atoms. The highest BCUT2D eigenvalue weighted by atomic mass is 16.5. The number of nitrogen functional groups attached to an aromatic ring is 1. The van der Waals surface area contributed by atoms with Gasteiger partial charge in [0.25, 0.3) is 0 Å². The smallest absolute Gasteiger partial charge is 0.125 e. The lowest BCUT2D eigenvalue weighted by Crippen LogP contribution is -2.02. The molecule has 0 saturated heterocycles. The standard InChI is InChI=1S/C17H21NO2/c1-11-5-6-16(19-4)14(7-11)10-20-17-12(2)8-15(18)9-13(17)3/h5-9H,10,18H2,1-4H3. The van der Waals surface area contributed by atoms with Gasteiger partial charge in [0, 0.05) is 11.3 Å². The molecule has 0 aliphatic heterocycles. The van der Waals surface area contributed by atoms with Gasteiger partial charge >= 0.3 is 0 Å². The van der Waals surface area contributed by atoms with Gasteiger partial charge < -0.3 is 15.2 Å². The molecule has 0 aromatic heterocycles. The highest BCUT2D eigenvalue weighted by Gasteiger charge is 2.08. The van der Waals surface area contributed by atoms with Gasteiger partial charge in [0.2, 0.25) is 0 Å². The Morgan fingerprint density at radius 3 is 2.25 bits per heavy atom. The van der Waals surface area contributed by atoms with Crippen LogP contribution in [0.1, 0.15) is 22.3 Å². The van der Waals surface area contributed by atoms with Crippen LogP contribution in [0.3, 0.4) is 0 Å². The summed E-state index contributed by atoms with van der Waals surface area (Å²) < 4.78 is 11.3. The molecule has 0 heterocycles. The monoisotopic (exact) mass is 271 g/mol. The van der Waals surface area contributed by atoms with Gasteiger partial charge in [-0.25, -0.2) is 0 Å². The van der Waals surface area contributed by atoms with E-state index in [9.17, 15) is 0 Å². The van der Waals surface area contributed by atoms with E-state index in [1.807, 2.05) is 38.1 Å². The molecule has 2 rings (SSSR count). The van der Waals surface area contributed by atoms with E-state index in [4.69, 9.17) is 15.2 Å². The number of rotatable bonds is 4. The number of ether oxygens (including phenoxy) is 2. The molecule has 0 bridgehead atoms. The van der Waals surface area contributed by atoms with Gasteiger partial charge in [-0.05, 0) is 56.2 Å². The topological polar surface area (TPSA) is 44.5 Å². The van der Waals surface area contributed by atoms with Gasteiger partial charge in [0.15, 0.2) is 0 Å². The van der Waals surface area contributed by atoms with Crippen molar-refractivity contribution in [1.82, 2.24) is 0 Å². The van der Waals surface area contributed by atoms with Crippen LogP contribution < -0.4 is 15.2 Å². The van der Waals surface area contributed by atoms with Crippen molar-refractivity contribution in [3.63, 3.8) is 0 Å². The van der Waals surface area contributed by atoms with Crippen LogP contribution in [-0.2, 0) is 6.61 Å². The number of anilines is 1. The Hall–Kier alpha value is -2.16. The van der Waals surface area contributed by atoms with E-state index in [0.717, 1.165) is 33.9 Å². The van der Waals surface area contributed by atoms with Crippen molar-refractivity contribution < 1.29 is 9.47 Å². The first kappa shape index (κ1) is 14.3. The Morgan fingerprint density at radius 2 is 1.65 bits per heavy atom. The normalized spacial score (nSPS) is 10.4. The zero-order valence-electron chi connectivity index (χ0n) is 12.5. The molecule has 0 aliphatic rings. The quantitative estimate of drug-likeness (QED) is 0.861. The van der Waals surface area contributed by atoms with Crippen LogP contribution in [0.15, 0.2) is 30.3 Å². The molecular formula is C17H21NO2. The summed E-state index contributed by atoms with van der Waals surface area (Å²) in [6.07, 6.45) is 0. The Morgan fingerprint density at radius 1 is 1.00 bits per heavy atom. The van der Waals surface area contributed by atoms with Crippen LogP contribution in [0, 0.1) is 20.8 Å². The van der Waals surface area contributed by atoms with Gasteiger partial charge in [-0.15, -0.1) is 0 Å². The summed E-state index contributed by atoms with van der Waals surface area (Å²) in [6, 6.07) is 9.94. The van der Waals surface area contributed by atoms with Crippen molar-refractivity contribution in [2.24, 2.45) is 0 Å². The molecule has 0 radical (unpaired) electrons. The second-order valence-corrected chi connectivity index (χ2v) is 5.09. The average Bonchev–Trinajstić information content (AvgIpc) is 2.37. The molecule has 2 aromatic rings. The molecule has 0 fully saturated rings. The lowest BCUT2D eigenvalue weighted by Gasteiger charge is -2.15. The molecule has 0 unspecified atom stereocenters. The zero-order chi connectivity index (χ0) is 14.7. The maximum Gasteiger partial charge on any atom is 0.125 e. The number of aryl methyl sites for hydroxylation is 3. The maximum absolute atomic E-state index is 5.97. The van der Waals surface area contributed by atoms with Crippen molar-refractivity contribution >= 4 is 5.69 Å². The third-order valence-corrected chi connectivity index (χ3v) is 3.29. The summed E-state index contributed by atoms with van der Waals surface area (Å²) in [7, 11) is 1.67. The van der Waals surface area contributed by atoms with Gasteiger partial charge in [-0.1, -0.05) is 11.6 Å². The van der Waals surface area contributed by atoms with Crippen LogP contribution in [0.25, 0.3) is 0 Å². The molecule has 20 heavy (non-hydrogen) atoms. The van der Waals surface area contributed by atoms with E-state index in [1.165, 1.54) is 5.56 Å². The molecule has 0 amide bonds. The van der Waals surface area contributed by atoms with Crippen molar-refractivity contribution in [1.29, 1.82) is 0 Å². The molecule has 0 saturated carbocycles. The van der Waals surface area contributed by atoms with E-state index in [-0.39, 0.29) is 0 Å². The first-order valence-corrected chi connectivity index (χ1v) is 6.64. The molecule has 0 aliphatic carbocycles. The minimum atomic E-state index is 0.483. The number of nitrogens with two attached hydrogens (primary N) is 1. The van der Waals surface area contributed by atoms with Gasteiger partial charge in [0.05, 0.1) is 7.11 Å². The SMILES string of the molecule is COc1ccc(C)cc1COc1c(C)cc(N)cc1C.